The smallest absolute Gasteiger partial charge is 0.393 e. The van der Waals surface area contributed by atoms with E-state index >= 15 is 0 Å². The molecule has 1 rings (SSSR count). The van der Waals surface area contributed by atoms with Crippen molar-refractivity contribution >= 4 is 9.28 Å². The zero-order chi connectivity index (χ0) is 11.1. The highest BCUT2D eigenvalue weighted by atomic mass is 28.3. The van der Waals surface area contributed by atoms with Crippen LogP contribution in [0.2, 0.25) is 0 Å². The summed E-state index contributed by atoms with van der Waals surface area (Å²) in [6, 6.07) is 5.94. The van der Waals surface area contributed by atoms with Crippen LogP contribution in [-0.4, -0.2) is 27.5 Å². The second-order valence-corrected chi connectivity index (χ2v) is 5.24. The van der Waals surface area contributed by atoms with Crippen LogP contribution in [0.3, 0.4) is 0 Å². The Morgan fingerprint density at radius 3 is 2.40 bits per heavy atom. The van der Waals surface area contributed by atoms with Crippen molar-refractivity contribution in [3.63, 3.8) is 0 Å². The maximum Gasteiger partial charge on any atom is 0.394 e. The molecule has 3 nitrogen and oxygen atoms in total. The van der Waals surface area contributed by atoms with Crippen LogP contribution in [0, 0.1) is 0 Å². The van der Waals surface area contributed by atoms with E-state index in [1.54, 1.807) is 0 Å². The van der Waals surface area contributed by atoms with Crippen molar-refractivity contribution in [2.45, 2.75) is 26.3 Å². The molecular weight excluding hydrogens is 206 g/mol. The Labute approximate surface area is 93.3 Å². The van der Waals surface area contributed by atoms with E-state index in [1.165, 1.54) is 0 Å². The minimum atomic E-state index is -1.24. The Morgan fingerprint density at radius 2 is 1.93 bits per heavy atom. The summed E-state index contributed by atoms with van der Waals surface area (Å²) in [5.74, 6) is 0. The SMILES string of the molecule is CCO[Si](OCC)C(C)c1ccccn1. The molecule has 0 aromatic carbocycles. The van der Waals surface area contributed by atoms with Crippen LogP contribution in [0.1, 0.15) is 32.0 Å². The fraction of sp³-hybridized carbons (Fsp3) is 0.545. The van der Waals surface area contributed by atoms with Gasteiger partial charge >= 0.3 is 9.28 Å². The van der Waals surface area contributed by atoms with Crippen LogP contribution in [-0.2, 0) is 8.85 Å². The minimum absolute atomic E-state index is 0.260. The van der Waals surface area contributed by atoms with Gasteiger partial charge in [0, 0.05) is 30.6 Å². The summed E-state index contributed by atoms with van der Waals surface area (Å²) in [6.45, 7) is 7.50. The quantitative estimate of drug-likeness (QED) is 0.695. The molecule has 1 heterocycles. The Balaban J connectivity index is 2.67. The molecule has 1 aromatic rings. The van der Waals surface area contributed by atoms with Crippen LogP contribution >= 0.6 is 0 Å². The highest BCUT2D eigenvalue weighted by molar-refractivity contribution is 6.46. The summed E-state index contributed by atoms with van der Waals surface area (Å²) >= 11 is 0. The third kappa shape index (κ3) is 3.74. The highest BCUT2D eigenvalue weighted by Crippen LogP contribution is 2.17. The predicted molar refractivity (Wildman–Crippen MR) is 61.7 cm³/mol. The Hall–Kier alpha value is -0.713. The maximum atomic E-state index is 5.64. The van der Waals surface area contributed by atoms with Crippen LogP contribution in [0.15, 0.2) is 24.4 Å². The molecule has 0 aliphatic rings. The second-order valence-electron chi connectivity index (χ2n) is 3.16. The van der Waals surface area contributed by atoms with Crippen LogP contribution in [0.5, 0.6) is 0 Å². The van der Waals surface area contributed by atoms with Gasteiger partial charge in [-0.2, -0.15) is 0 Å². The number of hydrogen-bond acceptors (Lipinski definition) is 3. The summed E-state index contributed by atoms with van der Waals surface area (Å²) in [5, 5.41) is 0. The molecule has 0 saturated heterocycles. The van der Waals surface area contributed by atoms with Gasteiger partial charge in [-0.15, -0.1) is 0 Å². The Morgan fingerprint density at radius 1 is 1.27 bits per heavy atom. The zero-order valence-corrected chi connectivity index (χ0v) is 10.6. The molecule has 1 unspecified atom stereocenters. The first-order valence-corrected chi connectivity index (χ1v) is 6.72. The number of aromatic nitrogens is 1. The highest BCUT2D eigenvalue weighted by Gasteiger charge is 2.25. The molecule has 0 N–H and O–H groups in total. The molecule has 15 heavy (non-hydrogen) atoms. The van der Waals surface area contributed by atoms with E-state index < -0.39 is 9.28 Å². The van der Waals surface area contributed by atoms with Gasteiger partial charge in [0.05, 0.1) is 0 Å². The normalized spacial score (nSPS) is 13.1. The molecular formula is C11H18NO2Si. The monoisotopic (exact) mass is 224 g/mol. The largest absolute Gasteiger partial charge is 0.394 e. The van der Waals surface area contributed by atoms with Crippen LogP contribution in [0.4, 0.5) is 0 Å². The standard InChI is InChI=1S/C11H18NO2Si/c1-4-13-15(14-5-2)10(3)11-8-6-7-9-12-11/h6-10H,4-5H2,1-3H3. The molecule has 0 aliphatic heterocycles. The second kappa shape index (κ2) is 6.71. The predicted octanol–water partition coefficient (Wildman–Crippen LogP) is 2.29. The average molecular weight is 224 g/mol. The van der Waals surface area contributed by atoms with Gasteiger partial charge in [-0.05, 0) is 26.0 Å². The molecule has 0 fully saturated rings. The van der Waals surface area contributed by atoms with Gasteiger partial charge < -0.3 is 8.85 Å². The Kier molecular flexibility index (Phi) is 5.53. The molecule has 1 atom stereocenters. The van der Waals surface area contributed by atoms with E-state index in [0.29, 0.717) is 13.2 Å². The summed E-state index contributed by atoms with van der Waals surface area (Å²) in [6.07, 6.45) is 1.81. The van der Waals surface area contributed by atoms with Gasteiger partial charge in [0.2, 0.25) is 0 Å². The van der Waals surface area contributed by atoms with Crippen molar-refractivity contribution in [3.8, 4) is 0 Å². The lowest BCUT2D eigenvalue weighted by Gasteiger charge is -2.19. The molecule has 0 spiro atoms. The molecule has 0 bridgehead atoms. The molecule has 83 valence electrons. The maximum absolute atomic E-state index is 5.64. The number of nitrogens with zero attached hydrogens (tertiary/aromatic N) is 1. The molecule has 0 aliphatic carbocycles. The minimum Gasteiger partial charge on any atom is -0.393 e. The summed E-state index contributed by atoms with van der Waals surface area (Å²) < 4.78 is 11.3. The van der Waals surface area contributed by atoms with E-state index in [9.17, 15) is 0 Å². The van der Waals surface area contributed by atoms with Crippen molar-refractivity contribution in [1.29, 1.82) is 0 Å². The van der Waals surface area contributed by atoms with Crippen LogP contribution < -0.4 is 0 Å². The lowest BCUT2D eigenvalue weighted by molar-refractivity contribution is 0.206. The van der Waals surface area contributed by atoms with Gasteiger partial charge in [-0.3, -0.25) is 4.98 Å². The van der Waals surface area contributed by atoms with Gasteiger partial charge in [-0.25, -0.2) is 0 Å². The van der Waals surface area contributed by atoms with Crippen molar-refractivity contribution in [2.24, 2.45) is 0 Å². The number of pyridine rings is 1. The fourth-order valence-electron chi connectivity index (χ4n) is 1.33. The zero-order valence-electron chi connectivity index (χ0n) is 9.56. The van der Waals surface area contributed by atoms with Gasteiger partial charge in [0.1, 0.15) is 0 Å². The van der Waals surface area contributed by atoms with Gasteiger partial charge in [-0.1, -0.05) is 13.0 Å². The van der Waals surface area contributed by atoms with E-state index in [2.05, 4.69) is 11.9 Å². The fourth-order valence-corrected chi connectivity index (χ4v) is 2.89. The average Bonchev–Trinajstić information content (AvgIpc) is 2.29. The van der Waals surface area contributed by atoms with Crippen molar-refractivity contribution in [1.82, 2.24) is 4.98 Å². The van der Waals surface area contributed by atoms with Gasteiger partial charge in [0.15, 0.2) is 0 Å². The van der Waals surface area contributed by atoms with E-state index in [0.717, 1.165) is 5.69 Å². The summed E-state index contributed by atoms with van der Waals surface area (Å²) in [4.78, 5) is 4.33. The van der Waals surface area contributed by atoms with E-state index in [4.69, 9.17) is 8.85 Å². The molecule has 1 aromatic heterocycles. The van der Waals surface area contributed by atoms with E-state index in [1.807, 2.05) is 38.2 Å². The van der Waals surface area contributed by atoms with Crippen molar-refractivity contribution < 1.29 is 8.85 Å². The molecule has 1 radical (unpaired) electrons. The number of hydrogen-bond donors (Lipinski definition) is 0. The van der Waals surface area contributed by atoms with Crippen LogP contribution in [0.25, 0.3) is 0 Å². The van der Waals surface area contributed by atoms with E-state index in [-0.39, 0.29) is 5.54 Å². The topological polar surface area (TPSA) is 31.4 Å². The van der Waals surface area contributed by atoms with Crippen molar-refractivity contribution in [3.05, 3.63) is 30.1 Å². The lowest BCUT2D eigenvalue weighted by atomic mass is 10.3. The van der Waals surface area contributed by atoms with Crippen molar-refractivity contribution in [2.75, 3.05) is 13.2 Å². The van der Waals surface area contributed by atoms with Gasteiger partial charge in [0.25, 0.3) is 0 Å². The first-order valence-electron chi connectivity index (χ1n) is 5.32. The first kappa shape index (κ1) is 12.4. The molecule has 4 heteroatoms. The number of rotatable bonds is 6. The lowest BCUT2D eigenvalue weighted by Crippen LogP contribution is -2.30. The first-order chi connectivity index (χ1) is 7.29. The molecule has 0 amide bonds. The molecule has 0 saturated carbocycles. The summed E-state index contributed by atoms with van der Waals surface area (Å²) in [7, 11) is -1.24. The Bertz CT molecular complexity index is 263. The summed E-state index contributed by atoms with van der Waals surface area (Å²) in [5.41, 5.74) is 1.31. The third-order valence-electron chi connectivity index (χ3n) is 2.06. The third-order valence-corrected chi connectivity index (χ3v) is 4.21.